The fourth-order valence-electron chi connectivity index (χ4n) is 1.82. The van der Waals surface area contributed by atoms with Crippen molar-refractivity contribution in [3.05, 3.63) is 40.8 Å². The van der Waals surface area contributed by atoms with Gasteiger partial charge in [0.15, 0.2) is 0 Å². The minimum Gasteiger partial charge on any atom is -0.375 e. The second kappa shape index (κ2) is 6.67. The van der Waals surface area contributed by atoms with Crippen LogP contribution in [0.2, 0.25) is 0 Å². The maximum Gasteiger partial charge on any atom is 0.246 e. The number of ether oxygens (including phenoxy) is 1. The largest absolute Gasteiger partial charge is 0.375 e. The highest BCUT2D eigenvalue weighted by Gasteiger charge is 2.13. The molecule has 5 nitrogen and oxygen atoms in total. The number of carbonyl (C=O) groups excluding carboxylic acids is 1. The quantitative estimate of drug-likeness (QED) is 0.881. The normalized spacial score (nSPS) is 12.2. The van der Waals surface area contributed by atoms with Crippen LogP contribution in [-0.2, 0) is 9.53 Å². The van der Waals surface area contributed by atoms with Crippen molar-refractivity contribution < 1.29 is 9.53 Å². The Morgan fingerprint density at radius 3 is 2.80 bits per heavy atom. The maximum atomic E-state index is 11.5. The Morgan fingerprint density at radius 1 is 1.45 bits per heavy atom. The third-order valence-electron chi connectivity index (χ3n) is 2.81. The first-order chi connectivity index (χ1) is 9.60. The van der Waals surface area contributed by atoms with Crippen molar-refractivity contribution in [2.75, 3.05) is 13.7 Å². The Bertz CT molecular complexity index is 580. The molecule has 2 rings (SSSR count). The zero-order valence-electron chi connectivity index (χ0n) is 11.3. The predicted octanol–water partition coefficient (Wildman–Crippen LogP) is 2.66. The molecule has 6 heteroatoms. The van der Waals surface area contributed by atoms with E-state index in [9.17, 15) is 4.79 Å². The van der Waals surface area contributed by atoms with Crippen LogP contribution in [0.15, 0.2) is 34.9 Å². The van der Waals surface area contributed by atoms with Crippen molar-refractivity contribution in [3.8, 4) is 11.3 Å². The molecule has 0 bridgehead atoms. The van der Waals surface area contributed by atoms with E-state index in [0.29, 0.717) is 5.82 Å². The van der Waals surface area contributed by atoms with Gasteiger partial charge in [0.05, 0.1) is 17.9 Å². The van der Waals surface area contributed by atoms with Crippen molar-refractivity contribution >= 4 is 21.8 Å². The van der Waals surface area contributed by atoms with Crippen LogP contribution in [0.25, 0.3) is 11.3 Å². The summed E-state index contributed by atoms with van der Waals surface area (Å²) < 4.78 is 5.81. The summed E-state index contributed by atoms with van der Waals surface area (Å²) in [6, 6.07) is 7.74. The molecule has 106 valence electrons. The van der Waals surface area contributed by atoms with Crippen molar-refractivity contribution in [2.45, 2.75) is 13.0 Å². The molecule has 0 unspecified atom stereocenters. The Balaban J connectivity index is 2.08. The average Bonchev–Trinajstić information content (AvgIpc) is 2.89. The molecule has 20 heavy (non-hydrogen) atoms. The van der Waals surface area contributed by atoms with E-state index in [1.807, 2.05) is 31.2 Å². The molecule has 0 radical (unpaired) electrons. The van der Waals surface area contributed by atoms with Crippen LogP contribution in [0.4, 0.5) is 0 Å². The van der Waals surface area contributed by atoms with E-state index < -0.39 is 0 Å². The lowest BCUT2D eigenvalue weighted by Gasteiger charge is -2.10. The number of halogens is 1. The molecule has 2 aromatic rings. The number of carbonyl (C=O) groups is 1. The number of methoxy groups -OCH3 is 1. The van der Waals surface area contributed by atoms with Crippen molar-refractivity contribution in [1.82, 2.24) is 15.3 Å². The molecule has 0 aliphatic rings. The van der Waals surface area contributed by atoms with Gasteiger partial charge in [0, 0.05) is 11.6 Å². The van der Waals surface area contributed by atoms with E-state index in [1.54, 1.807) is 6.20 Å². The van der Waals surface area contributed by atoms with Crippen LogP contribution >= 0.6 is 15.9 Å². The average molecular weight is 338 g/mol. The highest BCUT2D eigenvalue weighted by atomic mass is 79.9. The molecule has 1 amide bonds. The fourth-order valence-corrected chi connectivity index (χ4v) is 2.08. The van der Waals surface area contributed by atoms with E-state index in [0.717, 1.165) is 15.7 Å². The number of hydrogen-bond donors (Lipinski definition) is 2. The summed E-state index contributed by atoms with van der Waals surface area (Å²) >= 11 is 3.40. The summed E-state index contributed by atoms with van der Waals surface area (Å²) in [6.45, 7) is 1.92. The van der Waals surface area contributed by atoms with Crippen LogP contribution in [0, 0.1) is 0 Å². The SMILES string of the molecule is COCC(=O)N[C@H](C)c1ncc(-c2ccc(Br)cc2)[nH]1. The van der Waals surface area contributed by atoms with Gasteiger partial charge < -0.3 is 15.0 Å². The molecule has 0 saturated heterocycles. The minimum absolute atomic E-state index is 0.0462. The number of benzene rings is 1. The summed E-state index contributed by atoms with van der Waals surface area (Å²) in [5.41, 5.74) is 1.96. The number of hydrogen-bond acceptors (Lipinski definition) is 3. The van der Waals surface area contributed by atoms with Crippen molar-refractivity contribution in [2.24, 2.45) is 0 Å². The van der Waals surface area contributed by atoms with Crippen molar-refractivity contribution in [1.29, 1.82) is 0 Å². The Kier molecular flexibility index (Phi) is 4.92. The molecular weight excluding hydrogens is 322 g/mol. The Morgan fingerprint density at radius 2 is 2.15 bits per heavy atom. The third-order valence-corrected chi connectivity index (χ3v) is 3.34. The van der Waals surface area contributed by atoms with E-state index in [4.69, 9.17) is 4.74 Å². The van der Waals surface area contributed by atoms with Gasteiger partial charge in [-0.3, -0.25) is 4.79 Å². The van der Waals surface area contributed by atoms with Gasteiger partial charge in [-0.15, -0.1) is 0 Å². The van der Waals surface area contributed by atoms with E-state index in [-0.39, 0.29) is 18.6 Å². The Labute approximate surface area is 125 Å². The van der Waals surface area contributed by atoms with Crippen LogP contribution in [0.5, 0.6) is 0 Å². The van der Waals surface area contributed by atoms with Gasteiger partial charge in [0.25, 0.3) is 0 Å². The third kappa shape index (κ3) is 3.68. The van der Waals surface area contributed by atoms with Gasteiger partial charge in [-0.25, -0.2) is 4.98 Å². The van der Waals surface area contributed by atoms with Crippen LogP contribution in [0.3, 0.4) is 0 Å². The minimum atomic E-state index is -0.193. The number of nitrogens with zero attached hydrogens (tertiary/aromatic N) is 1. The second-order valence-electron chi connectivity index (χ2n) is 4.41. The van der Waals surface area contributed by atoms with E-state index >= 15 is 0 Å². The van der Waals surface area contributed by atoms with Gasteiger partial charge in [0.1, 0.15) is 12.4 Å². The number of aromatic nitrogens is 2. The molecular formula is C14H16BrN3O2. The summed E-state index contributed by atoms with van der Waals surface area (Å²) in [6.07, 6.45) is 1.76. The second-order valence-corrected chi connectivity index (χ2v) is 5.33. The number of imidazole rings is 1. The highest BCUT2D eigenvalue weighted by molar-refractivity contribution is 9.10. The van der Waals surface area contributed by atoms with Gasteiger partial charge in [-0.2, -0.15) is 0 Å². The summed E-state index contributed by atoms with van der Waals surface area (Å²) in [7, 11) is 1.49. The monoisotopic (exact) mass is 337 g/mol. The first-order valence-electron chi connectivity index (χ1n) is 6.19. The van der Waals surface area contributed by atoms with Gasteiger partial charge in [-0.05, 0) is 24.6 Å². The molecule has 0 fully saturated rings. The molecule has 0 spiro atoms. The molecule has 0 aliphatic heterocycles. The molecule has 0 aliphatic carbocycles. The standard InChI is InChI=1S/C14H16BrN3O2/c1-9(17-13(19)8-20-2)14-16-7-12(18-14)10-3-5-11(15)6-4-10/h3-7,9H,8H2,1-2H3,(H,16,18)(H,17,19)/t9-/m1/s1. The molecule has 1 aromatic carbocycles. The van der Waals surface area contributed by atoms with Gasteiger partial charge in [0.2, 0.25) is 5.91 Å². The number of H-pyrrole nitrogens is 1. The summed E-state index contributed by atoms with van der Waals surface area (Å²) in [5, 5.41) is 2.81. The lowest BCUT2D eigenvalue weighted by atomic mass is 10.2. The van der Waals surface area contributed by atoms with E-state index in [1.165, 1.54) is 7.11 Å². The molecule has 1 heterocycles. The first-order valence-corrected chi connectivity index (χ1v) is 6.98. The molecule has 1 atom stereocenters. The lowest BCUT2D eigenvalue weighted by Crippen LogP contribution is -2.30. The summed E-state index contributed by atoms with van der Waals surface area (Å²) in [4.78, 5) is 19.0. The first kappa shape index (κ1) is 14.7. The van der Waals surface area contributed by atoms with Gasteiger partial charge in [-0.1, -0.05) is 28.1 Å². The Hall–Kier alpha value is -1.66. The van der Waals surface area contributed by atoms with Crippen LogP contribution in [0.1, 0.15) is 18.8 Å². The number of rotatable bonds is 5. The zero-order valence-corrected chi connectivity index (χ0v) is 12.9. The maximum absolute atomic E-state index is 11.5. The zero-order chi connectivity index (χ0) is 14.5. The van der Waals surface area contributed by atoms with Crippen LogP contribution in [-0.4, -0.2) is 29.6 Å². The molecule has 2 N–H and O–H groups in total. The smallest absolute Gasteiger partial charge is 0.246 e. The van der Waals surface area contributed by atoms with Crippen LogP contribution < -0.4 is 5.32 Å². The number of amides is 1. The summed E-state index contributed by atoms with van der Waals surface area (Å²) in [5.74, 6) is 0.550. The molecule has 1 aromatic heterocycles. The van der Waals surface area contributed by atoms with Crippen molar-refractivity contribution in [3.63, 3.8) is 0 Å². The number of aromatic amines is 1. The lowest BCUT2D eigenvalue weighted by molar-refractivity contribution is -0.125. The fraction of sp³-hybridized carbons (Fsp3) is 0.286. The van der Waals surface area contributed by atoms with E-state index in [2.05, 4.69) is 31.2 Å². The van der Waals surface area contributed by atoms with Gasteiger partial charge >= 0.3 is 0 Å². The molecule has 0 saturated carbocycles. The number of nitrogens with one attached hydrogen (secondary N) is 2. The topological polar surface area (TPSA) is 67.0 Å². The highest BCUT2D eigenvalue weighted by Crippen LogP contribution is 2.21. The predicted molar refractivity (Wildman–Crippen MR) is 80.2 cm³/mol.